The molecule has 2 saturated carbocycles. The van der Waals surface area contributed by atoms with E-state index in [0.29, 0.717) is 23.9 Å². The fourth-order valence-corrected chi connectivity index (χ4v) is 5.74. The number of rotatable bonds is 4. The summed E-state index contributed by atoms with van der Waals surface area (Å²) in [4.78, 5) is 5.30. The van der Waals surface area contributed by atoms with Gasteiger partial charge in [0.15, 0.2) is 0 Å². The number of piperazine rings is 1. The van der Waals surface area contributed by atoms with E-state index in [2.05, 4.69) is 20.7 Å². The van der Waals surface area contributed by atoms with E-state index in [1.165, 1.54) is 26.2 Å². The predicted octanol–water partition coefficient (Wildman–Crippen LogP) is 1.53. The summed E-state index contributed by atoms with van der Waals surface area (Å²) >= 11 is 0. The van der Waals surface area contributed by atoms with Gasteiger partial charge in [-0.15, -0.1) is 0 Å². The molecule has 0 aromatic rings. The Morgan fingerprint density at radius 3 is 2.27 bits per heavy atom. The molecule has 4 rings (SSSR count). The van der Waals surface area contributed by atoms with Crippen LogP contribution < -0.4 is 10.9 Å². The number of alkyl halides is 1. The van der Waals surface area contributed by atoms with Gasteiger partial charge in [0.05, 0.1) is 6.10 Å². The highest BCUT2D eigenvalue weighted by molar-refractivity contribution is 4.92. The van der Waals surface area contributed by atoms with E-state index in [4.69, 9.17) is 0 Å². The molecule has 2 saturated heterocycles. The molecule has 2 aliphatic heterocycles. The average molecular weight is 369 g/mol. The zero-order valence-corrected chi connectivity index (χ0v) is 16.1. The smallest absolute Gasteiger partial charge is 0.100 e. The van der Waals surface area contributed by atoms with Crippen molar-refractivity contribution in [3.05, 3.63) is 0 Å². The van der Waals surface area contributed by atoms with Gasteiger partial charge in [0.25, 0.3) is 0 Å². The number of aliphatic hydroxyl groups is 1. The first-order valence-electron chi connectivity index (χ1n) is 11.0. The van der Waals surface area contributed by atoms with Crippen molar-refractivity contribution in [1.29, 1.82) is 0 Å². The van der Waals surface area contributed by atoms with Crippen molar-refractivity contribution in [2.75, 3.05) is 39.3 Å². The van der Waals surface area contributed by atoms with Gasteiger partial charge in [-0.05, 0) is 57.3 Å². The van der Waals surface area contributed by atoms with Crippen LogP contribution in [-0.4, -0.2) is 78.5 Å². The second-order valence-corrected chi connectivity index (χ2v) is 9.12. The van der Waals surface area contributed by atoms with Gasteiger partial charge in [-0.1, -0.05) is 0 Å². The predicted molar refractivity (Wildman–Crippen MR) is 102 cm³/mol. The molecule has 0 radical (unpaired) electrons. The number of hydrogen-bond acceptors (Lipinski definition) is 5. The molecule has 0 spiro atoms. The van der Waals surface area contributed by atoms with Crippen molar-refractivity contribution in [1.82, 2.24) is 20.7 Å². The van der Waals surface area contributed by atoms with Gasteiger partial charge in [-0.3, -0.25) is 15.8 Å². The van der Waals surface area contributed by atoms with E-state index in [1.54, 1.807) is 0 Å². The number of nitrogens with one attached hydrogen (secondary N) is 2. The highest BCUT2D eigenvalue weighted by atomic mass is 19.1. The second-order valence-electron chi connectivity index (χ2n) is 9.12. The lowest BCUT2D eigenvalue weighted by Gasteiger charge is -2.42. The normalized spacial score (nSPS) is 43.6. The minimum Gasteiger partial charge on any atom is -0.393 e. The van der Waals surface area contributed by atoms with Crippen LogP contribution in [0.15, 0.2) is 0 Å². The number of aliphatic hydroxyl groups excluding tert-OH is 1. The van der Waals surface area contributed by atoms with Gasteiger partial charge in [0, 0.05) is 57.3 Å². The van der Waals surface area contributed by atoms with Gasteiger partial charge < -0.3 is 10.0 Å². The molecule has 6 heteroatoms. The summed E-state index contributed by atoms with van der Waals surface area (Å²) in [6.45, 7) is 6.88. The van der Waals surface area contributed by atoms with E-state index in [-0.39, 0.29) is 6.10 Å². The summed E-state index contributed by atoms with van der Waals surface area (Å²) in [7, 11) is 0. The van der Waals surface area contributed by atoms with Crippen molar-refractivity contribution < 1.29 is 9.50 Å². The van der Waals surface area contributed by atoms with Gasteiger partial charge in [0.1, 0.15) is 6.17 Å². The van der Waals surface area contributed by atoms with Crippen molar-refractivity contribution in [2.24, 2.45) is 11.8 Å². The highest BCUT2D eigenvalue weighted by Gasteiger charge is 2.37. The molecule has 4 aliphatic rings. The second kappa shape index (κ2) is 8.82. The molecular formula is C20H37FN4O. The Morgan fingerprint density at radius 1 is 0.885 bits per heavy atom. The monoisotopic (exact) mass is 368 g/mol. The quantitative estimate of drug-likeness (QED) is 0.703. The topological polar surface area (TPSA) is 50.8 Å². The molecule has 150 valence electrons. The van der Waals surface area contributed by atoms with E-state index in [1.807, 2.05) is 0 Å². The van der Waals surface area contributed by atoms with Crippen molar-refractivity contribution in [3.63, 3.8) is 0 Å². The highest BCUT2D eigenvalue weighted by Crippen LogP contribution is 2.32. The van der Waals surface area contributed by atoms with Gasteiger partial charge in [-0.2, -0.15) is 0 Å². The Hall–Kier alpha value is -0.270. The molecule has 0 amide bonds. The minimum atomic E-state index is -0.562. The molecule has 2 heterocycles. The lowest BCUT2D eigenvalue weighted by Crippen LogP contribution is -2.53. The standard InChI is InChI=1S/C20H37FN4O/c21-17-3-1-15(2-4-17)20-16(13-22-23-20)14-24-9-11-25(12-10-24)18-5-7-19(26)8-6-18/h15-20,22-23,26H,1-14H2. The zero-order chi connectivity index (χ0) is 17.9. The molecular weight excluding hydrogens is 331 g/mol. The Balaban J connectivity index is 1.22. The first kappa shape index (κ1) is 19.1. The molecule has 4 fully saturated rings. The number of hydrogen-bond donors (Lipinski definition) is 3. The van der Waals surface area contributed by atoms with Crippen molar-refractivity contribution >= 4 is 0 Å². The minimum absolute atomic E-state index is 0.0562. The number of hydrazine groups is 1. The summed E-state index contributed by atoms with van der Waals surface area (Å²) in [5.74, 6) is 1.28. The third-order valence-corrected chi connectivity index (χ3v) is 7.43. The van der Waals surface area contributed by atoms with Crippen LogP contribution in [0.25, 0.3) is 0 Å². The summed E-state index contributed by atoms with van der Waals surface area (Å²) in [5.41, 5.74) is 6.89. The van der Waals surface area contributed by atoms with Crippen LogP contribution in [0.3, 0.4) is 0 Å². The molecule has 3 N–H and O–H groups in total. The van der Waals surface area contributed by atoms with Crippen LogP contribution in [0.2, 0.25) is 0 Å². The van der Waals surface area contributed by atoms with Crippen LogP contribution in [0.5, 0.6) is 0 Å². The lowest BCUT2D eigenvalue weighted by atomic mass is 9.79. The Labute approximate surface area is 157 Å². The SMILES string of the molecule is OC1CCC(N2CCN(CC3CNNC3C3CCC(F)CC3)CC2)CC1. The zero-order valence-electron chi connectivity index (χ0n) is 16.1. The van der Waals surface area contributed by atoms with E-state index >= 15 is 0 Å². The van der Waals surface area contributed by atoms with Gasteiger partial charge in [-0.25, -0.2) is 4.39 Å². The summed E-state index contributed by atoms with van der Waals surface area (Å²) in [6.07, 6.45) is 7.26. The van der Waals surface area contributed by atoms with E-state index < -0.39 is 6.17 Å². The first-order chi connectivity index (χ1) is 12.7. The fraction of sp³-hybridized carbons (Fsp3) is 1.00. The molecule has 0 aromatic carbocycles. The summed E-state index contributed by atoms with van der Waals surface area (Å²) < 4.78 is 13.5. The van der Waals surface area contributed by atoms with Gasteiger partial charge >= 0.3 is 0 Å². The maximum atomic E-state index is 13.5. The maximum Gasteiger partial charge on any atom is 0.100 e. The molecule has 0 bridgehead atoms. The van der Waals surface area contributed by atoms with Crippen LogP contribution in [0.4, 0.5) is 4.39 Å². The summed E-state index contributed by atoms with van der Waals surface area (Å²) in [6, 6.07) is 1.21. The molecule has 26 heavy (non-hydrogen) atoms. The van der Waals surface area contributed by atoms with Crippen LogP contribution in [0.1, 0.15) is 51.4 Å². The van der Waals surface area contributed by atoms with Crippen molar-refractivity contribution in [3.8, 4) is 0 Å². The number of halogens is 1. The van der Waals surface area contributed by atoms with E-state index in [9.17, 15) is 9.50 Å². The molecule has 2 unspecified atom stereocenters. The van der Waals surface area contributed by atoms with Crippen LogP contribution in [0, 0.1) is 11.8 Å². The maximum absolute atomic E-state index is 13.5. The van der Waals surface area contributed by atoms with Crippen LogP contribution >= 0.6 is 0 Å². The third kappa shape index (κ3) is 4.58. The van der Waals surface area contributed by atoms with Crippen molar-refractivity contribution in [2.45, 2.75) is 75.7 Å². The van der Waals surface area contributed by atoms with E-state index in [0.717, 1.165) is 64.5 Å². The fourth-order valence-electron chi connectivity index (χ4n) is 5.74. The number of nitrogens with zero attached hydrogens (tertiary/aromatic N) is 2. The molecule has 2 aliphatic carbocycles. The Kier molecular flexibility index (Phi) is 6.47. The average Bonchev–Trinajstić information content (AvgIpc) is 3.12. The molecule has 2 atom stereocenters. The Morgan fingerprint density at radius 2 is 1.58 bits per heavy atom. The largest absolute Gasteiger partial charge is 0.393 e. The van der Waals surface area contributed by atoms with Crippen LogP contribution in [-0.2, 0) is 0 Å². The third-order valence-electron chi connectivity index (χ3n) is 7.43. The van der Waals surface area contributed by atoms with Gasteiger partial charge in [0.2, 0.25) is 0 Å². The molecule has 0 aromatic heterocycles. The molecule has 5 nitrogen and oxygen atoms in total. The first-order valence-corrected chi connectivity index (χ1v) is 11.0. The lowest BCUT2D eigenvalue weighted by molar-refractivity contribution is 0.0386. The Bertz CT molecular complexity index is 430. The summed E-state index contributed by atoms with van der Waals surface area (Å²) in [5, 5.41) is 9.71.